The molecule has 4 nitrogen and oxygen atoms in total. The van der Waals surface area contributed by atoms with Crippen LogP contribution in [0.3, 0.4) is 0 Å². The maximum atomic E-state index is 11.3. The number of amides is 1. The molecule has 1 N–H and O–H groups in total. The zero-order chi connectivity index (χ0) is 11.3. The summed E-state index contributed by atoms with van der Waals surface area (Å²) in [5, 5.41) is 2.71. The van der Waals surface area contributed by atoms with E-state index < -0.39 is 0 Å². The van der Waals surface area contributed by atoms with Crippen LogP contribution in [0.1, 0.15) is 33.6 Å². The molecule has 0 bridgehead atoms. The number of carbonyl (C=O) groups is 1. The van der Waals surface area contributed by atoms with Gasteiger partial charge in [0.15, 0.2) is 0 Å². The molecule has 0 aromatic rings. The van der Waals surface area contributed by atoms with Gasteiger partial charge in [0, 0.05) is 13.2 Å². The number of hydrogen-bond acceptors (Lipinski definition) is 3. The van der Waals surface area contributed by atoms with Gasteiger partial charge < -0.3 is 14.8 Å². The SMILES string of the molecule is CC(C)(C)COC(=O)NC[C@H]1CCCO1. The molecule has 0 spiro atoms. The number of nitrogens with one attached hydrogen (secondary N) is 1. The second-order valence-corrected chi connectivity index (χ2v) is 5.15. The monoisotopic (exact) mass is 215 g/mol. The van der Waals surface area contributed by atoms with Gasteiger partial charge in [-0.15, -0.1) is 0 Å². The Labute approximate surface area is 91.3 Å². The molecule has 1 saturated heterocycles. The summed E-state index contributed by atoms with van der Waals surface area (Å²) in [6.07, 6.45) is 1.94. The Morgan fingerprint density at radius 1 is 1.53 bits per heavy atom. The molecule has 1 aliphatic heterocycles. The Balaban J connectivity index is 2.08. The van der Waals surface area contributed by atoms with Gasteiger partial charge in [-0.2, -0.15) is 0 Å². The molecule has 0 aromatic carbocycles. The summed E-state index contributed by atoms with van der Waals surface area (Å²) in [5.41, 5.74) is 0.0151. The van der Waals surface area contributed by atoms with Crippen LogP contribution in [-0.2, 0) is 9.47 Å². The van der Waals surface area contributed by atoms with Gasteiger partial charge >= 0.3 is 6.09 Å². The third-order valence-electron chi connectivity index (χ3n) is 2.13. The molecule has 88 valence electrons. The minimum absolute atomic E-state index is 0.0151. The molecule has 1 fully saturated rings. The second kappa shape index (κ2) is 5.35. The largest absolute Gasteiger partial charge is 0.449 e. The summed E-state index contributed by atoms with van der Waals surface area (Å²) in [6.45, 7) is 7.89. The average Bonchev–Trinajstić information content (AvgIpc) is 2.62. The van der Waals surface area contributed by atoms with Crippen LogP contribution in [0.5, 0.6) is 0 Å². The van der Waals surface area contributed by atoms with Gasteiger partial charge in [-0.1, -0.05) is 20.8 Å². The van der Waals surface area contributed by atoms with Gasteiger partial charge in [0.25, 0.3) is 0 Å². The molecule has 15 heavy (non-hydrogen) atoms. The van der Waals surface area contributed by atoms with Crippen LogP contribution in [-0.4, -0.2) is 32.0 Å². The Kier molecular flexibility index (Phi) is 4.39. The van der Waals surface area contributed by atoms with Crippen molar-refractivity contribution >= 4 is 6.09 Å². The van der Waals surface area contributed by atoms with Crippen LogP contribution < -0.4 is 5.32 Å². The lowest BCUT2D eigenvalue weighted by atomic mass is 9.99. The van der Waals surface area contributed by atoms with Crippen LogP contribution in [0.2, 0.25) is 0 Å². The van der Waals surface area contributed by atoms with Gasteiger partial charge in [0.05, 0.1) is 12.7 Å². The number of alkyl carbamates (subject to hydrolysis) is 1. The summed E-state index contributed by atoms with van der Waals surface area (Å²) in [5.74, 6) is 0. The highest BCUT2D eigenvalue weighted by Gasteiger charge is 2.17. The van der Waals surface area contributed by atoms with Gasteiger partial charge in [-0.25, -0.2) is 4.79 Å². The first-order chi connectivity index (χ1) is 6.97. The first-order valence-electron chi connectivity index (χ1n) is 5.49. The molecule has 1 amide bonds. The number of ether oxygens (including phenoxy) is 2. The van der Waals surface area contributed by atoms with Crippen LogP contribution in [0.25, 0.3) is 0 Å². The highest BCUT2D eigenvalue weighted by molar-refractivity contribution is 5.67. The predicted molar refractivity (Wildman–Crippen MR) is 57.8 cm³/mol. The molecule has 1 rings (SSSR count). The molecular formula is C11H21NO3. The lowest BCUT2D eigenvalue weighted by molar-refractivity contribution is 0.0882. The van der Waals surface area contributed by atoms with Crippen molar-refractivity contribution in [3.63, 3.8) is 0 Å². The topological polar surface area (TPSA) is 47.6 Å². The zero-order valence-corrected chi connectivity index (χ0v) is 9.84. The Bertz CT molecular complexity index is 204. The summed E-state index contributed by atoms with van der Waals surface area (Å²) in [6, 6.07) is 0. The summed E-state index contributed by atoms with van der Waals surface area (Å²) in [4.78, 5) is 11.3. The number of carbonyl (C=O) groups excluding carboxylic acids is 1. The zero-order valence-electron chi connectivity index (χ0n) is 9.84. The van der Waals surface area contributed by atoms with Crippen LogP contribution in [0, 0.1) is 5.41 Å². The summed E-state index contributed by atoms with van der Waals surface area (Å²) in [7, 11) is 0. The van der Waals surface area contributed by atoms with Gasteiger partial charge in [-0.05, 0) is 18.3 Å². The van der Waals surface area contributed by atoms with Crippen LogP contribution in [0.4, 0.5) is 4.79 Å². The molecule has 0 unspecified atom stereocenters. The van der Waals surface area contributed by atoms with Crippen molar-refractivity contribution in [3.05, 3.63) is 0 Å². The van der Waals surface area contributed by atoms with E-state index in [9.17, 15) is 4.79 Å². The summed E-state index contributed by atoms with van der Waals surface area (Å²) >= 11 is 0. The minimum Gasteiger partial charge on any atom is -0.449 e. The minimum atomic E-state index is -0.347. The first-order valence-corrected chi connectivity index (χ1v) is 5.49. The Morgan fingerprint density at radius 3 is 2.80 bits per heavy atom. The van der Waals surface area contributed by atoms with Crippen molar-refractivity contribution in [3.8, 4) is 0 Å². The smallest absolute Gasteiger partial charge is 0.407 e. The fourth-order valence-corrected chi connectivity index (χ4v) is 1.34. The van der Waals surface area contributed by atoms with E-state index in [1.54, 1.807) is 0 Å². The third-order valence-corrected chi connectivity index (χ3v) is 2.13. The van der Waals surface area contributed by atoms with E-state index >= 15 is 0 Å². The van der Waals surface area contributed by atoms with Crippen molar-refractivity contribution < 1.29 is 14.3 Å². The molecule has 1 aliphatic rings. The van der Waals surface area contributed by atoms with Crippen molar-refractivity contribution in [1.29, 1.82) is 0 Å². The van der Waals surface area contributed by atoms with Crippen LogP contribution >= 0.6 is 0 Å². The molecule has 0 saturated carbocycles. The molecule has 1 heterocycles. The van der Waals surface area contributed by atoms with E-state index in [2.05, 4.69) is 5.32 Å². The van der Waals surface area contributed by atoms with Gasteiger partial charge in [-0.3, -0.25) is 0 Å². The van der Waals surface area contributed by atoms with Gasteiger partial charge in [0.1, 0.15) is 0 Å². The van der Waals surface area contributed by atoms with Crippen molar-refractivity contribution in [2.45, 2.75) is 39.7 Å². The first kappa shape index (κ1) is 12.3. The normalized spacial score (nSPS) is 21.4. The Hall–Kier alpha value is -0.770. The maximum Gasteiger partial charge on any atom is 0.407 e. The van der Waals surface area contributed by atoms with E-state index in [0.717, 1.165) is 19.4 Å². The van der Waals surface area contributed by atoms with E-state index in [1.165, 1.54) is 0 Å². The molecule has 0 aliphatic carbocycles. The fourth-order valence-electron chi connectivity index (χ4n) is 1.34. The quantitative estimate of drug-likeness (QED) is 0.782. The lowest BCUT2D eigenvalue weighted by Crippen LogP contribution is -2.33. The average molecular weight is 215 g/mol. The standard InChI is InChI=1S/C11H21NO3/c1-11(2,3)8-15-10(13)12-7-9-5-4-6-14-9/h9H,4-8H2,1-3H3,(H,12,13)/t9-/m1/s1. The van der Waals surface area contributed by atoms with Crippen LogP contribution in [0.15, 0.2) is 0 Å². The highest BCUT2D eigenvalue weighted by atomic mass is 16.5. The molecular weight excluding hydrogens is 194 g/mol. The lowest BCUT2D eigenvalue weighted by Gasteiger charge is -2.18. The number of hydrogen-bond donors (Lipinski definition) is 1. The van der Waals surface area contributed by atoms with E-state index in [0.29, 0.717) is 13.2 Å². The van der Waals surface area contributed by atoms with Crippen molar-refractivity contribution in [2.75, 3.05) is 19.8 Å². The molecule has 0 radical (unpaired) electrons. The van der Waals surface area contributed by atoms with Crippen molar-refractivity contribution in [2.24, 2.45) is 5.41 Å². The number of rotatable bonds is 3. The molecule has 4 heteroatoms. The van der Waals surface area contributed by atoms with E-state index in [4.69, 9.17) is 9.47 Å². The Morgan fingerprint density at radius 2 is 2.27 bits per heavy atom. The highest BCUT2D eigenvalue weighted by Crippen LogP contribution is 2.13. The predicted octanol–water partition coefficient (Wildman–Crippen LogP) is 1.94. The summed E-state index contributed by atoms with van der Waals surface area (Å²) < 4.78 is 10.4. The molecule has 1 atom stereocenters. The van der Waals surface area contributed by atoms with E-state index in [-0.39, 0.29) is 17.6 Å². The van der Waals surface area contributed by atoms with Crippen molar-refractivity contribution in [1.82, 2.24) is 5.32 Å². The second-order valence-electron chi connectivity index (χ2n) is 5.15. The fraction of sp³-hybridized carbons (Fsp3) is 0.909. The maximum absolute atomic E-state index is 11.3. The van der Waals surface area contributed by atoms with Gasteiger partial charge in [0.2, 0.25) is 0 Å². The van der Waals surface area contributed by atoms with E-state index in [1.807, 2.05) is 20.8 Å². The third kappa shape index (κ3) is 5.62. The molecule has 0 aromatic heterocycles.